The van der Waals surface area contributed by atoms with Gasteiger partial charge in [-0.1, -0.05) is 30.0 Å². The number of rotatable bonds is 2. The van der Waals surface area contributed by atoms with Crippen LogP contribution in [0.25, 0.3) is 0 Å². The van der Waals surface area contributed by atoms with Crippen LogP contribution in [0.1, 0.15) is 11.1 Å². The number of hydrogen-bond donors (Lipinski definition) is 1. The number of carbonyl (C=O) groups is 2. The fraction of sp³-hybridized carbons (Fsp3) is 0.286. The molecule has 0 unspecified atom stereocenters. The molecule has 4 nitrogen and oxygen atoms in total. The van der Waals surface area contributed by atoms with Crippen LogP contribution in [0.2, 0.25) is 0 Å². The lowest BCUT2D eigenvalue weighted by atomic mass is 10.1. The van der Waals surface area contributed by atoms with Crippen molar-refractivity contribution in [3.8, 4) is 0 Å². The lowest BCUT2D eigenvalue weighted by Gasteiger charge is -2.12. The number of nitrogens with zero attached hydrogens (tertiary/aromatic N) is 1. The molecule has 0 atom stereocenters. The highest BCUT2D eigenvalue weighted by Crippen LogP contribution is 2.27. The third-order valence-electron chi connectivity index (χ3n) is 3.03. The number of aryl methyl sites for hydroxylation is 2. The van der Waals surface area contributed by atoms with Crippen LogP contribution in [0, 0.1) is 13.8 Å². The van der Waals surface area contributed by atoms with Gasteiger partial charge in [-0.3, -0.25) is 9.59 Å². The Labute approximate surface area is 116 Å². The molecule has 0 aliphatic carbocycles. The van der Waals surface area contributed by atoms with E-state index in [2.05, 4.69) is 5.32 Å². The van der Waals surface area contributed by atoms with E-state index in [9.17, 15) is 9.59 Å². The standard InChI is InChI=1S/C14H16N2O2S/c1-9-5-4-6-10(2)14(9)15-11(17)7-13-16(3)12(18)8-19-13/h4-7H,8H2,1-3H3,(H,15,17)/b13-7-. The van der Waals surface area contributed by atoms with E-state index in [4.69, 9.17) is 0 Å². The summed E-state index contributed by atoms with van der Waals surface area (Å²) in [5.41, 5.74) is 2.88. The minimum atomic E-state index is -0.207. The first-order valence-corrected chi connectivity index (χ1v) is 6.96. The van der Waals surface area contributed by atoms with Gasteiger partial charge in [0.1, 0.15) is 0 Å². The van der Waals surface area contributed by atoms with Gasteiger partial charge in [-0.15, -0.1) is 0 Å². The van der Waals surface area contributed by atoms with Gasteiger partial charge in [-0.2, -0.15) is 0 Å². The van der Waals surface area contributed by atoms with Crippen LogP contribution in [-0.4, -0.2) is 29.5 Å². The fourth-order valence-electron chi connectivity index (χ4n) is 1.87. The van der Waals surface area contributed by atoms with Gasteiger partial charge in [0.2, 0.25) is 5.91 Å². The molecule has 5 heteroatoms. The Kier molecular flexibility index (Phi) is 3.95. The maximum atomic E-state index is 12.0. The quantitative estimate of drug-likeness (QED) is 0.843. The number of benzene rings is 1. The van der Waals surface area contributed by atoms with Crippen molar-refractivity contribution in [2.24, 2.45) is 0 Å². The van der Waals surface area contributed by atoms with Crippen molar-refractivity contribution in [3.63, 3.8) is 0 Å². The molecular formula is C14H16N2O2S. The van der Waals surface area contributed by atoms with E-state index in [0.717, 1.165) is 16.8 Å². The minimum Gasteiger partial charge on any atom is -0.322 e. The van der Waals surface area contributed by atoms with Crippen LogP contribution in [-0.2, 0) is 9.59 Å². The van der Waals surface area contributed by atoms with Gasteiger partial charge in [-0.25, -0.2) is 0 Å². The predicted octanol–water partition coefficient (Wildman–Crippen LogP) is 2.29. The second-order valence-electron chi connectivity index (χ2n) is 4.48. The van der Waals surface area contributed by atoms with E-state index in [1.54, 1.807) is 7.05 Å². The number of para-hydroxylation sites is 1. The molecule has 2 rings (SSSR count). The van der Waals surface area contributed by atoms with E-state index in [1.165, 1.54) is 22.7 Å². The highest BCUT2D eigenvalue weighted by atomic mass is 32.2. The molecule has 1 N–H and O–H groups in total. The first-order chi connectivity index (χ1) is 8.99. The number of amides is 2. The van der Waals surface area contributed by atoms with Crippen molar-refractivity contribution in [1.82, 2.24) is 4.90 Å². The third kappa shape index (κ3) is 2.98. The predicted molar refractivity (Wildman–Crippen MR) is 77.9 cm³/mol. The molecule has 1 aliphatic rings. The van der Waals surface area contributed by atoms with Gasteiger partial charge >= 0.3 is 0 Å². The summed E-state index contributed by atoms with van der Waals surface area (Å²) in [6.07, 6.45) is 1.47. The fourth-order valence-corrected chi connectivity index (χ4v) is 2.82. The van der Waals surface area contributed by atoms with E-state index in [1.807, 2.05) is 32.0 Å². The van der Waals surface area contributed by atoms with Crippen LogP contribution >= 0.6 is 11.8 Å². The Hall–Kier alpha value is -1.75. The SMILES string of the molecule is Cc1cccc(C)c1NC(=O)/C=C1\SCC(=O)N1C. The minimum absolute atomic E-state index is 0.0242. The summed E-state index contributed by atoms with van der Waals surface area (Å²) in [7, 11) is 1.68. The van der Waals surface area contributed by atoms with Crippen LogP contribution in [0.15, 0.2) is 29.3 Å². The van der Waals surface area contributed by atoms with E-state index < -0.39 is 0 Å². The summed E-state index contributed by atoms with van der Waals surface area (Å²) < 4.78 is 0. The Morgan fingerprint density at radius 2 is 2.00 bits per heavy atom. The molecule has 0 radical (unpaired) electrons. The van der Waals surface area contributed by atoms with Crippen molar-refractivity contribution in [2.45, 2.75) is 13.8 Å². The van der Waals surface area contributed by atoms with Gasteiger partial charge in [0.15, 0.2) is 0 Å². The number of hydrogen-bond acceptors (Lipinski definition) is 3. The first kappa shape index (κ1) is 13.7. The van der Waals surface area contributed by atoms with Gasteiger partial charge < -0.3 is 10.2 Å². The van der Waals surface area contributed by atoms with Crippen molar-refractivity contribution in [3.05, 3.63) is 40.4 Å². The second kappa shape index (κ2) is 5.48. The van der Waals surface area contributed by atoms with Gasteiger partial charge in [-0.05, 0) is 25.0 Å². The highest BCUT2D eigenvalue weighted by molar-refractivity contribution is 8.04. The van der Waals surface area contributed by atoms with Crippen molar-refractivity contribution >= 4 is 29.3 Å². The average molecular weight is 276 g/mol. The maximum absolute atomic E-state index is 12.0. The Bertz CT molecular complexity index is 546. The number of anilines is 1. The Morgan fingerprint density at radius 1 is 1.37 bits per heavy atom. The second-order valence-corrected chi connectivity index (χ2v) is 5.48. The van der Waals surface area contributed by atoms with Crippen LogP contribution < -0.4 is 5.32 Å². The Morgan fingerprint density at radius 3 is 2.53 bits per heavy atom. The van der Waals surface area contributed by atoms with Gasteiger partial charge in [0, 0.05) is 18.8 Å². The molecule has 0 saturated carbocycles. The molecule has 1 fully saturated rings. The molecule has 1 heterocycles. The average Bonchev–Trinajstić information content (AvgIpc) is 2.66. The summed E-state index contributed by atoms with van der Waals surface area (Å²) in [5.74, 6) is 0.219. The summed E-state index contributed by atoms with van der Waals surface area (Å²) in [6.45, 7) is 3.91. The largest absolute Gasteiger partial charge is 0.322 e. The molecule has 1 aromatic carbocycles. The molecule has 1 aromatic rings. The normalized spacial score (nSPS) is 17.1. The van der Waals surface area contributed by atoms with E-state index in [0.29, 0.717) is 10.8 Å². The summed E-state index contributed by atoms with van der Waals surface area (Å²) in [6, 6.07) is 5.86. The highest BCUT2D eigenvalue weighted by Gasteiger charge is 2.23. The monoisotopic (exact) mass is 276 g/mol. The maximum Gasteiger partial charge on any atom is 0.251 e. The molecule has 1 aliphatic heterocycles. The number of thioether (sulfide) groups is 1. The molecule has 100 valence electrons. The van der Waals surface area contributed by atoms with Crippen molar-refractivity contribution in [1.29, 1.82) is 0 Å². The third-order valence-corrected chi connectivity index (χ3v) is 4.11. The van der Waals surface area contributed by atoms with Crippen LogP contribution in [0.5, 0.6) is 0 Å². The smallest absolute Gasteiger partial charge is 0.251 e. The number of nitrogens with one attached hydrogen (secondary N) is 1. The first-order valence-electron chi connectivity index (χ1n) is 5.97. The zero-order valence-corrected chi connectivity index (χ0v) is 12.0. The molecule has 2 amide bonds. The topological polar surface area (TPSA) is 49.4 Å². The summed E-state index contributed by atoms with van der Waals surface area (Å²) >= 11 is 1.38. The van der Waals surface area contributed by atoms with Crippen molar-refractivity contribution in [2.75, 3.05) is 18.1 Å². The zero-order chi connectivity index (χ0) is 14.0. The van der Waals surface area contributed by atoms with E-state index >= 15 is 0 Å². The Balaban J connectivity index is 2.14. The summed E-state index contributed by atoms with van der Waals surface area (Å²) in [5, 5.41) is 3.56. The molecule has 0 spiro atoms. The van der Waals surface area contributed by atoms with Crippen LogP contribution in [0.3, 0.4) is 0 Å². The lowest BCUT2D eigenvalue weighted by molar-refractivity contribution is -0.124. The van der Waals surface area contributed by atoms with E-state index in [-0.39, 0.29) is 11.8 Å². The van der Waals surface area contributed by atoms with Crippen LogP contribution in [0.4, 0.5) is 5.69 Å². The van der Waals surface area contributed by atoms with Gasteiger partial charge in [0.25, 0.3) is 5.91 Å². The van der Waals surface area contributed by atoms with Crippen molar-refractivity contribution < 1.29 is 9.59 Å². The zero-order valence-electron chi connectivity index (χ0n) is 11.2. The summed E-state index contributed by atoms with van der Waals surface area (Å²) in [4.78, 5) is 24.9. The van der Waals surface area contributed by atoms with Gasteiger partial charge in [0.05, 0.1) is 10.8 Å². The molecule has 0 aromatic heterocycles. The molecule has 1 saturated heterocycles. The molecule has 0 bridgehead atoms. The molecular weight excluding hydrogens is 260 g/mol. The lowest BCUT2D eigenvalue weighted by Crippen LogP contribution is -2.20. The number of carbonyl (C=O) groups excluding carboxylic acids is 2. The molecule has 19 heavy (non-hydrogen) atoms.